The minimum atomic E-state index is -0.379. The monoisotopic (exact) mass is 273 g/mol. The predicted molar refractivity (Wildman–Crippen MR) is 76.4 cm³/mol. The number of rotatable bonds is 4. The molecule has 0 amide bonds. The second-order valence-corrected chi connectivity index (χ2v) is 5.44. The average molecular weight is 273 g/mol. The molecular weight excluding hydrogens is 256 g/mol. The van der Waals surface area contributed by atoms with Crippen LogP contribution in [0.5, 0.6) is 0 Å². The van der Waals surface area contributed by atoms with E-state index < -0.39 is 0 Å². The van der Waals surface area contributed by atoms with Crippen LogP contribution in [0, 0.1) is 18.6 Å². The smallest absolute Gasteiger partial charge is 0.131 e. The lowest BCUT2D eigenvalue weighted by Gasteiger charge is -2.09. The van der Waals surface area contributed by atoms with E-state index >= 15 is 0 Å². The Morgan fingerprint density at radius 3 is 2.65 bits per heavy atom. The van der Waals surface area contributed by atoms with Crippen LogP contribution in [0.2, 0.25) is 0 Å². The van der Waals surface area contributed by atoms with Gasteiger partial charge < -0.3 is 5.32 Å². The molecule has 2 aromatic rings. The number of benzene rings is 2. The van der Waals surface area contributed by atoms with E-state index in [9.17, 15) is 8.78 Å². The Bertz CT molecular complexity index is 633. The first-order valence-corrected chi connectivity index (χ1v) is 6.92. The zero-order valence-corrected chi connectivity index (χ0v) is 11.4. The summed E-state index contributed by atoms with van der Waals surface area (Å²) < 4.78 is 27.6. The average Bonchev–Trinajstić information content (AvgIpc) is 3.25. The third kappa shape index (κ3) is 2.88. The lowest BCUT2D eigenvalue weighted by Crippen LogP contribution is -2.15. The van der Waals surface area contributed by atoms with Gasteiger partial charge in [0, 0.05) is 18.2 Å². The molecule has 1 aliphatic rings. The Kier molecular flexibility index (Phi) is 3.53. The molecule has 2 aromatic carbocycles. The molecule has 0 heterocycles. The van der Waals surface area contributed by atoms with E-state index in [1.54, 1.807) is 6.92 Å². The lowest BCUT2D eigenvalue weighted by atomic mass is 10.0. The largest absolute Gasteiger partial charge is 0.310 e. The van der Waals surface area contributed by atoms with Gasteiger partial charge in [-0.1, -0.05) is 18.2 Å². The molecule has 0 unspecified atom stereocenters. The highest BCUT2D eigenvalue weighted by Crippen LogP contribution is 2.26. The molecule has 1 N–H and O–H groups in total. The van der Waals surface area contributed by atoms with Gasteiger partial charge in [-0.3, -0.25) is 0 Å². The van der Waals surface area contributed by atoms with E-state index in [-0.39, 0.29) is 11.6 Å². The highest BCUT2D eigenvalue weighted by Gasteiger charge is 2.20. The number of halogens is 2. The highest BCUT2D eigenvalue weighted by molar-refractivity contribution is 5.65. The summed E-state index contributed by atoms with van der Waals surface area (Å²) in [6.07, 6.45) is 2.47. The van der Waals surface area contributed by atoms with Crippen molar-refractivity contribution in [2.45, 2.75) is 32.4 Å². The Hall–Kier alpha value is -1.74. The summed E-state index contributed by atoms with van der Waals surface area (Å²) in [5.74, 6) is -0.751. The second-order valence-electron chi connectivity index (χ2n) is 5.44. The molecule has 1 nitrogen and oxygen atoms in total. The zero-order valence-electron chi connectivity index (χ0n) is 11.4. The van der Waals surface area contributed by atoms with Gasteiger partial charge in [-0.25, -0.2) is 8.78 Å². The molecule has 3 rings (SSSR count). The standard InChI is InChI=1S/C17H17F2N/c1-11-7-17(19)15(9-16(11)18)13-4-2-3-12(8-13)10-20-14-5-6-14/h2-4,7-9,14,20H,5-6,10H2,1H3. The topological polar surface area (TPSA) is 12.0 Å². The van der Waals surface area contributed by atoms with Crippen molar-refractivity contribution < 1.29 is 8.78 Å². The molecule has 0 bridgehead atoms. The highest BCUT2D eigenvalue weighted by atomic mass is 19.1. The summed E-state index contributed by atoms with van der Waals surface area (Å²) in [5.41, 5.74) is 2.46. The van der Waals surface area contributed by atoms with Crippen molar-refractivity contribution in [3.63, 3.8) is 0 Å². The van der Waals surface area contributed by atoms with E-state index in [2.05, 4.69) is 5.32 Å². The maximum atomic E-state index is 14.0. The minimum absolute atomic E-state index is 0.321. The fourth-order valence-electron chi connectivity index (χ4n) is 2.27. The third-order valence-corrected chi connectivity index (χ3v) is 3.66. The molecular formula is C17H17F2N. The van der Waals surface area contributed by atoms with Crippen molar-refractivity contribution in [2.75, 3.05) is 0 Å². The predicted octanol–water partition coefficient (Wildman–Crippen LogP) is 4.19. The molecule has 1 aliphatic carbocycles. The van der Waals surface area contributed by atoms with E-state index in [1.807, 2.05) is 24.3 Å². The van der Waals surface area contributed by atoms with Crippen LogP contribution in [0.4, 0.5) is 8.78 Å². The van der Waals surface area contributed by atoms with Crippen LogP contribution in [0.25, 0.3) is 11.1 Å². The van der Waals surface area contributed by atoms with Gasteiger partial charge in [0.15, 0.2) is 0 Å². The number of hydrogen-bond acceptors (Lipinski definition) is 1. The van der Waals surface area contributed by atoms with E-state index in [4.69, 9.17) is 0 Å². The SMILES string of the molecule is Cc1cc(F)c(-c2cccc(CNC3CC3)c2)cc1F. The maximum Gasteiger partial charge on any atom is 0.131 e. The van der Waals surface area contributed by atoms with Gasteiger partial charge in [-0.15, -0.1) is 0 Å². The second kappa shape index (κ2) is 5.33. The van der Waals surface area contributed by atoms with Gasteiger partial charge in [-0.05, 0) is 54.7 Å². The molecule has 0 aliphatic heterocycles. The molecule has 0 radical (unpaired) electrons. The van der Waals surface area contributed by atoms with Crippen LogP contribution < -0.4 is 5.32 Å². The van der Waals surface area contributed by atoms with Crippen LogP contribution in [-0.4, -0.2) is 6.04 Å². The molecule has 1 saturated carbocycles. The molecule has 3 heteroatoms. The van der Waals surface area contributed by atoms with Crippen molar-refractivity contribution in [1.82, 2.24) is 5.32 Å². The summed E-state index contributed by atoms with van der Waals surface area (Å²) in [4.78, 5) is 0. The maximum absolute atomic E-state index is 14.0. The van der Waals surface area contributed by atoms with E-state index in [0.717, 1.165) is 17.7 Å². The molecule has 20 heavy (non-hydrogen) atoms. The Morgan fingerprint density at radius 1 is 1.10 bits per heavy atom. The summed E-state index contributed by atoms with van der Waals surface area (Å²) in [6, 6.07) is 10.8. The summed E-state index contributed by atoms with van der Waals surface area (Å²) in [7, 11) is 0. The summed E-state index contributed by atoms with van der Waals surface area (Å²) in [5, 5.41) is 3.42. The molecule has 0 aromatic heterocycles. The normalized spacial score (nSPS) is 14.6. The summed E-state index contributed by atoms with van der Waals surface area (Å²) in [6.45, 7) is 2.34. The van der Waals surface area contributed by atoms with E-state index in [1.165, 1.54) is 25.0 Å². The van der Waals surface area contributed by atoms with Gasteiger partial charge >= 0.3 is 0 Å². The first-order chi connectivity index (χ1) is 9.63. The molecule has 0 spiro atoms. The molecule has 0 saturated heterocycles. The molecule has 1 fully saturated rings. The first-order valence-electron chi connectivity index (χ1n) is 6.92. The minimum Gasteiger partial charge on any atom is -0.310 e. The number of aryl methyl sites for hydroxylation is 1. The Morgan fingerprint density at radius 2 is 1.90 bits per heavy atom. The van der Waals surface area contributed by atoms with Crippen LogP contribution in [-0.2, 0) is 6.54 Å². The molecule has 0 atom stereocenters. The molecule has 104 valence electrons. The Balaban J connectivity index is 1.89. The third-order valence-electron chi connectivity index (χ3n) is 3.66. The van der Waals surface area contributed by atoms with Crippen molar-refractivity contribution >= 4 is 0 Å². The van der Waals surface area contributed by atoms with Crippen LogP contribution in [0.15, 0.2) is 36.4 Å². The lowest BCUT2D eigenvalue weighted by molar-refractivity contribution is 0.595. The quantitative estimate of drug-likeness (QED) is 0.880. The van der Waals surface area contributed by atoms with Crippen LogP contribution in [0.1, 0.15) is 24.0 Å². The van der Waals surface area contributed by atoms with Gasteiger partial charge in [0.25, 0.3) is 0 Å². The zero-order chi connectivity index (χ0) is 14.1. The van der Waals surface area contributed by atoms with Gasteiger partial charge in [-0.2, -0.15) is 0 Å². The van der Waals surface area contributed by atoms with Crippen molar-refractivity contribution in [3.8, 4) is 11.1 Å². The van der Waals surface area contributed by atoms with Crippen LogP contribution in [0.3, 0.4) is 0 Å². The van der Waals surface area contributed by atoms with Gasteiger partial charge in [0.05, 0.1) is 0 Å². The van der Waals surface area contributed by atoms with Gasteiger partial charge in [0.1, 0.15) is 11.6 Å². The first kappa shape index (κ1) is 13.3. The van der Waals surface area contributed by atoms with E-state index in [0.29, 0.717) is 17.2 Å². The summed E-state index contributed by atoms with van der Waals surface area (Å²) >= 11 is 0. The fourth-order valence-corrected chi connectivity index (χ4v) is 2.27. The van der Waals surface area contributed by atoms with Gasteiger partial charge in [0.2, 0.25) is 0 Å². The van der Waals surface area contributed by atoms with Crippen molar-refractivity contribution in [2.24, 2.45) is 0 Å². The van der Waals surface area contributed by atoms with Crippen molar-refractivity contribution in [1.29, 1.82) is 0 Å². The Labute approximate surface area is 117 Å². The van der Waals surface area contributed by atoms with Crippen LogP contribution >= 0.6 is 0 Å². The number of nitrogens with one attached hydrogen (secondary N) is 1. The number of hydrogen-bond donors (Lipinski definition) is 1. The fraction of sp³-hybridized carbons (Fsp3) is 0.294. The van der Waals surface area contributed by atoms with Crippen molar-refractivity contribution in [3.05, 3.63) is 59.2 Å².